The zero-order valence-corrected chi connectivity index (χ0v) is 21.5. The number of carbonyl (C=O) groups is 1. The van der Waals surface area contributed by atoms with Gasteiger partial charge in [-0.25, -0.2) is 8.42 Å². The van der Waals surface area contributed by atoms with E-state index in [0.717, 1.165) is 16.6 Å². The van der Waals surface area contributed by atoms with Gasteiger partial charge in [0.25, 0.3) is 0 Å². The summed E-state index contributed by atoms with van der Waals surface area (Å²) in [4.78, 5) is 17.1. The number of carbonyl (C=O) groups excluding carboxylic acids is 1. The highest BCUT2D eigenvalue weighted by Gasteiger charge is 2.34. The van der Waals surface area contributed by atoms with Crippen LogP contribution >= 0.6 is 23.2 Å². The summed E-state index contributed by atoms with van der Waals surface area (Å²) in [6.45, 7) is 1.33. The second-order valence-electron chi connectivity index (χ2n) is 8.24. The van der Waals surface area contributed by atoms with Gasteiger partial charge >= 0.3 is 0 Å². The smallest absolute Gasteiger partial charge is 0.246 e. The first-order valence-corrected chi connectivity index (χ1v) is 13.4. The summed E-state index contributed by atoms with van der Waals surface area (Å²) in [5, 5.41) is 8.08. The van der Waals surface area contributed by atoms with Crippen molar-refractivity contribution in [1.29, 1.82) is 0 Å². The fourth-order valence-corrected chi connectivity index (χ4v) is 6.28. The fourth-order valence-electron chi connectivity index (χ4n) is 4.17. The predicted molar refractivity (Wildman–Crippen MR) is 138 cm³/mol. The summed E-state index contributed by atoms with van der Waals surface area (Å²) in [5.74, 6) is -0.387. The Kier molecular flexibility index (Phi) is 8.01. The normalized spacial score (nSPS) is 16.7. The number of sulfonamides is 1. The molecular formula is C24H26Cl2N4O4S. The third-order valence-corrected chi connectivity index (χ3v) is 8.30. The highest BCUT2D eigenvalue weighted by molar-refractivity contribution is 7.89. The van der Waals surface area contributed by atoms with E-state index in [1.54, 1.807) is 24.4 Å². The molecule has 0 spiro atoms. The van der Waals surface area contributed by atoms with Gasteiger partial charge < -0.3 is 15.4 Å². The molecule has 0 radical (unpaired) electrons. The number of aromatic nitrogens is 1. The van der Waals surface area contributed by atoms with E-state index < -0.39 is 15.9 Å². The zero-order valence-electron chi connectivity index (χ0n) is 19.1. The molecule has 4 rings (SSSR count). The van der Waals surface area contributed by atoms with Crippen LogP contribution in [0.2, 0.25) is 10.0 Å². The van der Waals surface area contributed by atoms with Gasteiger partial charge in [0.05, 0.1) is 18.5 Å². The van der Waals surface area contributed by atoms with E-state index in [4.69, 9.17) is 27.9 Å². The highest BCUT2D eigenvalue weighted by Crippen LogP contribution is 2.32. The van der Waals surface area contributed by atoms with E-state index in [-0.39, 0.29) is 23.1 Å². The van der Waals surface area contributed by atoms with Crippen molar-refractivity contribution < 1.29 is 17.9 Å². The van der Waals surface area contributed by atoms with Crippen molar-refractivity contribution in [3.05, 3.63) is 58.7 Å². The van der Waals surface area contributed by atoms with Gasteiger partial charge in [-0.15, -0.1) is 0 Å². The van der Waals surface area contributed by atoms with Crippen LogP contribution in [-0.2, 0) is 14.8 Å². The molecule has 0 bridgehead atoms. The molecule has 0 saturated carbocycles. The van der Waals surface area contributed by atoms with Gasteiger partial charge in [0.2, 0.25) is 15.9 Å². The molecule has 2 aromatic carbocycles. The molecule has 1 amide bonds. The van der Waals surface area contributed by atoms with Crippen LogP contribution in [0.5, 0.6) is 5.75 Å². The number of amides is 1. The maximum Gasteiger partial charge on any atom is 0.246 e. The van der Waals surface area contributed by atoms with Gasteiger partial charge in [-0.3, -0.25) is 9.78 Å². The number of hydrogen-bond acceptors (Lipinski definition) is 6. The molecule has 1 unspecified atom stereocenters. The molecule has 8 nitrogen and oxygen atoms in total. The summed E-state index contributed by atoms with van der Waals surface area (Å²) in [7, 11) is -2.45. The lowest BCUT2D eigenvalue weighted by Crippen LogP contribution is -2.46. The molecule has 186 valence electrons. The molecule has 1 fully saturated rings. The van der Waals surface area contributed by atoms with E-state index >= 15 is 0 Å². The van der Waals surface area contributed by atoms with Crippen LogP contribution in [0.1, 0.15) is 12.8 Å². The molecule has 1 aromatic heterocycles. The molecule has 1 aliphatic rings. The Balaban J connectivity index is 1.35. The topological polar surface area (TPSA) is 101 Å². The van der Waals surface area contributed by atoms with Gasteiger partial charge in [-0.05, 0) is 55.3 Å². The molecular weight excluding hydrogens is 511 g/mol. The number of hydrogen-bond donors (Lipinski definition) is 2. The molecule has 1 atom stereocenters. The second kappa shape index (κ2) is 11.0. The van der Waals surface area contributed by atoms with Gasteiger partial charge in [0, 0.05) is 53.5 Å². The molecule has 3 aromatic rings. The van der Waals surface area contributed by atoms with Crippen LogP contribution in [0, 0.1) is 5.92 Å². The number of nitrogens with one attached hydrogen (secondary N) is 2. The Labute approximate surface area is 214 Å². The maximum atomic E-state index is 13.3. The standard InChI is InChI=1S/C24H26Cl2N4O4S/c1-34-22-7-5-18(26)14-23(22)35(32,33)30-12-2-3-16(15-30)24(31)29-11-10-28-20-8-9-27-21-13-17(25)4-6-19(20)21/h4-9,13-14,16H,2-3,10-12,15H2,1H3,(H,27,28)(H,29,31). The lowest BCUT2D eigenvalue weighted by molar-refractivity contribution is -0.125. The lowest BCUT2D eigenvalue weighted by atomic mass is 9.99. The Morgan fingerprint density at radius 1 is 1.14 bits per heavy atom. The number of halogens is 2. The zero-order chi connectivity index (χ0) is 25.0. The van der Waals surface area contributed by atoms with E-state index in [2.05, 4.69) is 15.6 Å². The summed E-state index contributed by atoms with van der Waals surface area (Å²) >= 11 is 12.1. The van der Waals surface area contributed by atoms with Crippen LogP contribution in [0.25, 0.3) is 10.9 Å². The molecule has 11 heteroatoms. The number of pyridine rings is 1. The van der Waals surface area contributed by atoms with Crippen molar-refractivity contribution in [2.24, 2.45) is 5.92 Å². The number of anilines is 1. The van der Waals surface area contributed by atoms with Crippen molar-refractivity contribution in [3.8, 4) is 5.75 Å². The van der Waals surface area contributed by atoms with Gasteiger partial charge in [-0.1, -0.05) is 23.2 Å². The Hall–Kier alpha value is -2.59. The molecule has 0 aliphatic carbocycles. The number of methoxy groups -OCH3 is 1. The number of rotatable bonds is 8. The quantitative estimate of drug-likeness (QED) is 0.419. The molecule has 35 heavy (non-hydrogen) atoms. The first kappa shape index (κ1) is 25.5. The summed E-state index contributed by atoms with van der Waals surface area (Å²) in [5.41, 5.74) is 1.68. The van der Waals surface area contributed by atoms with Gasteiger partial charge in [-0.2, -0.15) is 4.31 Å². The molecule has 1 saturated heterocycles. The third-order valence-electron chi connectivity index (χ3n) is 5.94. The van der Waals surface area contributed by atoms with Crippen LogP contribution in [0.15, 0.2) is 53.6 Å². The van der Waals surface area contributed by atoms with Crippen LogP contribution < -0.4 is 15.4 Å². The largest absolute Gasteiger partial charge is 0.495 e. The van der Waals surface area contributed by atoms with E-state index in [9.17, 15) is 13.2 Å². The number of piperidine rings is 1. The van der Waals surface area contributed by atoms with E-state index in [1.165, 1.54) is 23.5 Å². The van der Waals surface area contributed by atoms with Crippen LogP contribution in [0.4, 0.5) is 5.69 Å². The summed E-state index contributed by atoms with van der Waals surface area (Å²) in [6.07, 6.45) is 2.91. The average Bonchev–Trinajstić information content (AvgIpc) is 2.86. The minimum atomic E-state index is -3.86. The van der Waals surface area contributed by atoms with Gasteiger partial charge in [0.1, 0.15) is 10.6 Å². The fraction of sp³-hybridized carbons (Fsp3) is 0.333. The molecule has 2 heterocycles. The maximum absolute atomic E-state index is 13.3. The van der Waals surface area contributed by atoms with Crippen LogP contribution in [-0.4, -0.2) is 56.9 Å². The van der Waals surface area contributed by atoms with Crippen LogP contribution in [0.3, 0.4) is 0 Å². The van der Waals surface area contributed by atoms with Crippen molar-refractivity contribution in [2.75, 3.05) is 38.6 Å². The Morgan fingerprint density at radius 2 is 1.91 bits per heavy atom. The monoisotopic (exact) mass is 536 g/mol. The first-order chi connectivity index (χ1) is 16.8. The highest BCUT2D eigenvalue weighted by atomic mass is 35.5. The third kappa shape index (κ3) is 5.81. The van der Waals surface area contributed by atoms with Crippen molar-refractivity contribution in [1.82, 2.24) is 14.6 Å². The van der Waals surface area contributed by atoms with Gasteiger partial charge in [0.15, 0.2) is 0 Å². The first-order valence-electron chi connectivity index (χ1n) is 11.2. The Morgan fingerprint density at radius 3 is 2.71 bits per heavy atom. The van der Waals surface area contributed by atoms with Crippen molar-refractivity contribution in [2.45, 2.75) is 17.7 Å². The van der Waals surface area contributed by atoms with E-state index in [0.29, 0.717) is 42.5 Å². The van der Waals surface area contributed by atoms with Crippen molar-refractivity contribution >= 4 is 55.7 Å². The predicted octanol–water partition coefficient (Wildman–Crippen LogP) is 4.18. The SMILES string of the molecule is COc1ccc(Cl)cc1S(=O)(=O)N1CCCC(C(=O)NCCNc2ccnc3cc(Cl)ccc23)C1. The number of fused-ring (bicyclic) bond motifs is 1. The summed E-state index contributed by atoms with van der Waals surface area (Å²) in [6, 6.07) is 11.8. The molecule has 1 aliphatic heterocycles. The minimum Gasteiger partial charge on any atom is -0.495 e. The lowest BCUT2D eigenvalue weighted by Gasteiger charge is -2.31. The number of nitrogens with zero attached hydrogens (tertiary/aromatic N) is 2. The minimum absolute atomic E-state index is 0.00335. The molecule has 2 N–H and O–H groups in total. The number of benzene rings is 2. The number of ether oxygens (including phenoxy) is 1. The Bertz CT molecular complexity index is 1340. The van der Waals surface area contributed by atoms with E-state index in [1.807, 2.05) is 12.1 Å². The average molecular weight is 537 g/mol. The second-order valence-corrected chi connectivity index (χ2v) is 11.0. The van der Waals surface area contributed by atoms with Crippen molar-refractivity contribution in [3.63, 3.8) is 0 Å². The summed E-state index contributed by atoms with van der Waals surface area (Å²) < 4.78 is 33.1.